The maximum absolute atomic E-state index is 13.6. The summed E-state index contributed by atoms with van der Waals surface area (Å²) >= 11 is 6.17. The number of hydrogen-bond acceptors (Lipinski definition) is 7. The minimum atomic E-state index is -5.13. The molecule has 13 heteroatoms. The number of halogens is 4. The summed E-state index contributed by atoms with van der Waals surface area (Å²) in [5, 5.41) is 13.5. The van der Waals surface area contributed by atoms with Crippen LogP contribution in [0.3, 0.4) is 0 Å². The first-order valence-corrected chi connectivity index (χ1v) is 11.9. The van der Waals surface area contributed by atoms with Gasteiger partial charge in [-0.3, -0.25) is 4.79 Å². The molecule has 0 radical (unpaired) electrons. The average molecular weight is 544 g/mol. The lowest BCUT2D eigenvalue weighted by Crippen LogP contribution is -2.36. The molecule has 1 atom stereocenters. The molecule has 0 fully saturated rings. The van der Waals surface area contributed by atoms with Gasteiger partial charge >= 0.3 is 6.36 Å². The molecular formula is C23H17ClF3NO7S. The smallest absolute Gasteiger partial charge is 0.497 e. The van der Waals surface area contributed by atoms with E-state index < -0.39 is 43.9 Å². The number of fused-ring (bicyclic) bond motifs is 1. The molecule has 0 aliphatic carbocycles. The van der Waals surface area contributed by atoms with E-state index in [1.54, 1.807) is 0 Å². The van der Waals surface area contributed by atoms with Crippen molar-refractivity contribution in [3.05, 3.63) is 70.7 Å². The Morgan fingerprint density at radius 2 is 1.64 bits per heavy atom. The minimum absolute atomic E-state index is 0.0772. The molecule has 1 aliphatic heterocycles. The second-order valence-corrected chi connectivity index (χ2v) is 9.88. The highest BCUT2D eigenvalue weighted by molar-refractivity contribution is 7.91. The molecule has 1 heterocycles. The number of benzene rings is 3. The lowest BCUT2D eigenvalue weighted by Gasteiger charge is -2.24. The van der Waals surface area contributed by atoms with Gasteiger partial charge in [0.1, 0.15) is 22.1 Å². The summed E-state index contributed by atoms with van der Waals surface area (Å²) in [6.07, 6.45) is -5.13. The lowest BCUT2D eigenvalue weighted by atomic mass is 9.87. The van der Waals surface area contributed by atoms with Crippen LogP contribution in [0.15, 0.2) is 64.4 Å². The van der Waals surface area contributed by atoms with Gasteiger partial charge in [-0.2, -0.15) is 0 Å². The predicted octanol–water partition coefficient (Wildman–Crippen LogP) is 4.28. The van der Waals surface area contributed by atoms with E-state index in [4.69, 9.17) is 21.1 Å². The zero-order valence-electron chi connectivity index (χ0n) is 18.5. The lowest BCUT2D eigenvalue weighted by molar-refractivity contribution is -0.275. The molecule has 0 saturated heterocycles. The molecule has 1 amide bonds. The Morgan fingerprint density at radius 1 is 0.944 bits per heavy atom. The van der Waals surface area contributed by atoms with Crippen LogP contribution >= 0.6 is 11.6 Å². The van der Waals surface area contributed by atoms with Crippen molar-refractivity contribution in [3.8, 4) is 17.2 Å². The van der Waals surface area contributed by atoms with Crippen molar-refractivity contribution < 1.29 is 45.7 Å². The molecule has 2 N–H and O–H groups in total. The van der Waals surface area contributed by atoms with Crippen molar-refractivity contribution in [2.45, 2.75) is 21.8 Å². The molecule has 0 spiro atoms. The fourth-order valence-corrected chi connectivity index (χ4v) is 5.78. The first-order valence-electron chi connectivity index (χ1n) is 10.0. The summed E-state index contributed by atoms with van der Waals surface area (Å²) in [7, 11) is -1.83. The number of carbonyl (C=O) groups excluding carboxylic acids is 1. The van der Waals surface area contributed by atoms with E-state index in [0.29, 0.717) is 5.75 Å². The average Bonchev–Trinajstić information content (AvgIpc) is 3.07. The number of aliphatic hydroxyl groups is 1. The quantitative estimate of drug-likeness (QED) is 0.477. The molecule has 4 rings (SSSR count). The van der Waals surface area contributed by atoms with Gasteiger partial charge in [0.15, 0.2) is 5.60 Å². The second kappa shape index (κ2) is 8.87. The van der Waals surface area contributed by atoms with Crippen molar-refractivity contribution in [1.82, 2.24) is 0 Å². The van der Waals surface area contributed by atoms with E-state index in [9.17, 15) is 31.5 Å². The summed E-state index contributed by atoms with van der Waals surface area (Å²) in [5.41, 5.74) is -4.04. The van der Waals surface area contributed by atoms with E-state index in [-0.39, 0.29) is 26.9 Å². The third kappa shape index (κ3) is 4.21. The van der Waals surface area contributed by atoms with E-state index in [1.165, 1.54) is 44.6 Å². The molecule has 36 heavy (non-hydrogen) atoms. The van der Waals surface area contributed by atoms with Crippen molar-refractivity contribution in [2.75, 3.05) is 19.5 Å². The number of amides is 1. The number of rotatable bonds is 6. The topological polar surface area (TPSA) is 111 Å². The first-order chi connectivity index (χ1) is 16.8. The van der Waals surface area contributed by atoms with E-state index in [2.05, 4.69) is 10.1 Å². The summed E-state index contributed by atoms with van der Waals surface area (Å²) in [6, 6.07) is 10.5. The van der Waals surface area contributed by atoms with E-state index in [1.807, 2.05) is 0 Å². The number of methoxy groups -OCH3 is 2. The highest BCUT2D eigenvalue weighted by atomic mass is 35.5. The van der Waals surface area contributed by atoms with Crippen LogP contribution < -0.4 is 19.5 Å². The second-order valence-electron chi connectivity index (χ2n) is 7.56. The minimum Gasteiger partial charge on any atom is -0.497 e. The van der Waals surface area contributed by atoms with Gasteiger partial charge in [-0.15, -0.1) is 13.2 Å². The highest BCUT2D eigenvalue weighted by Gasteiger charge is 2.51. The molecule has 1 unspecified atom stereocenters. The molecule has 0 aromatic heterocycles. The Hall–Kier alpha value is -3.48. The number of alkyl halides is 3. The van der Waals surface area contributed by atoms with Crippen LogP contribution in [0.2, 0.25) is 5.02 Å². The zero-order valence-corrected chi connectivity index (χ0v) is 20.1. The standard InChI is InChI=1S/C23H17ClF3NO7S/c1-33-13-7-8-18(17(11-13)34-2)36(31,32)19-10-12(24)9-15-20(19)28-21(29)22(15,30)14-5-3-4-6-16(14)35-23(25,26)27/h3-11,30H,1-2H3,(H,28,29). The number of ether oxygens (including phenoxy) is 3. The number of sulfone groups is 1. The normalized spacial score (nSPS) is 17.4. The molecule has 190 valence electrons. The third-order valence-electron chi connectivity index (χ3n) is 5.48. The molecule has 1 aliphatic rings. The molecule has 3 aromatic carbocycles. The van der Waals surface area contributed by atoms with Gasteiger partial charge in [0.25, 0.3) is 5.91 Å². The van der Waals surface area contributed by atoms with Gasteiger partial charge in [0.2, 0.25) is 9.84 Å². The largest absolute Gasteiger partial charge is 0.573 e. The van der Waals surface area contributed by atoms with Crippen LogP contribution in [-0.4, -0.2) is 40.0 Å². The van der Waals surface area contributed by atoms with E-state index in [0.717, 1.165) is 24.3 Å². The maximum atomic E-state index is 13.6. The van der Waals surface area contributed by atoms with Gasteiger partial charge in [0, 0.05) is 22.2 Å². The van der Waals surface area contributed by atoms with Gasteiger partial charge in [-0.05, 0) is 30.3 Å². The summed E-state index contributed by atoms with van der Waals surface area (Å²) < 4.78 is 80.6. The molecule has 0 saturated carbocycles. The Morgan fingerprint density at radius 3 is 2.28 bits per heavy atom. The molecule has 3 aromatic rings. The van der Waals surface area contributed by atoms with Crippen LogP contribution in [-0.2, 0) is 20.2 Å². The summed E-state index contributed by atoms with van der Waals surface area (Å²) in [5.74, 6) is -1.81. The van der Waals surface area contributed by atoms with Gasteiger partial charge in [-0.25, -0.2) is 8.42 Å². The van der Waals surface area contributed by atoms with E-state index >= 15 is 0 Å². The molecule has 0 bridgehead atoms. The fraction of sp³-hybridized carbons (Fsp3) is 0.174. The van der Waals surface area contributed by atoms with Gasteiger partial charge < -0.3 is 24.6 Å². The molecular weight excluding hydrogens is 527 g/mol. The third-order valence-corrected chi connectivity index (χ3v) is 7.51. The maximum Gasteiger partial charge on any atom is 0.573 e. The monoisotopic (exact) mass is 543 g/mol. The fourth-order valence-electron chi connectivity index (χ4n) is 3.90. The zero-order chi connectivity index (χ0) is 26.5. The Balaban J connectivity index is 1.95. The Labute approximate surface area is 208 Å². The molecule has 8 nitrogen and oxygen atoms in total. The SMILES string of the molecule is COc1ccc(S(=O)(=O)c2cc(Cl)cc3c2NC(=O)C3(O)c2ccccc2OC(F)(F)F)c(OC)c1. The van der Waals surface area contributed by atoms with Crippen LogP contribution in [0, 0.1) is 0 Å². The van der Waals surface area contributed by atoms with Crippen molar-refractivity contribution in [2.24, 2.45) is 0 Å². The number of para-hydroxylation sites is 1. The number of hydrogen-bond donors (Lipinski definition) is 2. The van der Waals surface area contributed by atoms with Gasteiger partial charge in [-0.1, -0.05) is 29.8 Å². The van der Waals surface area contributed by atoms with Crippen LogP contribution in [0.4, 0.5) is 18.9 Å². The summed E-state index contributed by atoms with van der Waals surface area (Å²) in [4.78, 5) is 12.2. The Bertz CT molecular complexity index is 1480. The first kappa shape index (κ1) is 25.6. The highest BCUT2D eigenvalue weighted by Crippen LogP contribution is 2.49. The number of nitrogens with one attached hydrogen (secondary N) is 1. The van der Waals surface area contributed by atoms with Crippen LogP contribution in [0.1, 0.15) is 11.1 Å². The van der Waals surface area contributed by atoms with Crippen LogP contribution in [0.5, 0.6) is 17.2 Å². The number of anilines is 1. The Kier molecular flexibility index (Phi) is 6.31. The predicted molar refractivity (Wildman–Crippen MR) is 121 cm³/mol. The summed E-state index contributed by atoms with van der Waals surface area (Å²) in [6.45, 7) is 0. The van der Waals surface area contributed by atoms with Crippen molar-refractivity contribution >= 4 is 33.0 Å². The van der Waals surface area contributed by atoms with Crippen LogP contribution in [0.25, 0.3) is 0 Å². The van der Waals surface area contributed by atoms with Crippen molar-refractivity contribution in [3.63, 3.8) is 0 Å². The van der Waals surface area contributed by atoms with Gasteiger partial charge in [0.05, 0.1) is 24.8 Å². The van der Waals surface area contributed by atoms with Crippen molar-refractivity contribution in [1.29, 1.82) is 0 Å². The number of carbonyl (C=O) groups is 1.